The minimum Gasteiger partial charge on any atom is -0.485 e. The maximum Gasteiger partial charge on any atom is 0.272 e. The Labute approximate surface area is 136 Å². The third-order valence-electron chi connectivity index (χ3n) is 3.15. The normalized spacial score (nSPS) is 12.0. The van der Waals surface area contributed by atoms with Crippen LogP contribution in [-0.2, 0) is 4.79 Å². The van der Waals surface area contributed by atoms with Gasteiger partial charge in [0.2, 0.25) is 5.91 Å². The molecule has 0 saturated carbocycles. The number of ether oxygens (including phenoxy) is 1. The molecule has 0 saturated heterocycles. The molecule has 1 atom stereocenters. The zero-order chi connectivity index (χ0) is 17.5. The number of nitrogens with one attached hydrogen (secondary N) is 1. The number of amides is 1. The van der Waals surface area contributed by atoms with Gasteiger partial charge in [-0.2, -0.15) is 0 Å². The van der Waals surface area contributed by atoms with Gasteiger partial charge >= 0.3 is 0 Å². The number of carbonyl (C=O) groups excluding carboxylic acids is 1. The Balaban J connectivity index is 2.03. The Morgan fingerprint density at radius 1 is 1.17 bits per heavy atom. The minimum absolute atomic E-state index is 0.0577. The molecule has 2 rings (SSSR count). The first-order chi connectivity index (χ1) is 11.5. The topological polar surface area (TPSA) is 58.6 Å². The van der Waals surface area contributed by atoms with Crippen molar-refractivity contribution in [1.29, 1.82) is 0 Å². The average molecular weight is 339 g/mol. The fourth-order valence-electron chi connectivity index (χ4n) is 2.04. The molecule has 0 heterocycles. The van der Waals surface area contributed by atoms with Crippen LogP contribution in [0, 0.1) is 5.82 Å². The van der Waals surface area contributed by atoms with Crippen LogP contribution in [0.2, 0.25) is 0 Å². The number of aliphatic hydroxyl groups excluding tert-OH is 1. The third-order valence-corrected chi connectivity index (χ3v) is 3.15. The maximum absolute atomic E-state index is 13.2. The van der Waals surface area contributed by atoms with E-state index in [1.165, 1.54) is 6.07 Å². The number of halogens is 3. The highest BCUT2D eigenvalue weighted by Gasteiger charge is 2.16. The summed E-state index contributed by atoms with van der Waals surface area (Å²) in [5.41, 5.74) is 0.628. The van der Waals surface area contributed by atoms with Crippen LogP contribution in [-0.4, -0.2) is 24.0 Å². The summed E-state index contributed by atoms with van der Waals surface area (Å²) in [6.45, 7) is -0.918. The van der Waals surface area contributed by atoms with E-state index in [0.717, 1.165) is 12.1 Å². The Bertz CT molecular complexity index is 680. The van der Waals surface area contributed by atoms with Gasteiger partial charge in [0.15, 0.2) is 0 Å². The van der Waals surface area contributed by atoms with E-state index in [1.54, 1.807) is 30.3 Å². The number of hydrogen-bond donors (Lipinski definition) is 2. The molecule has 0 fully saturated rings. The van der Waals surface area contributed by atoms with E-state index in [0.29, 0.717) is 5.56 Å². The van der Waals surface area contributed by atoms with Crippen LogP contribution in [0.3, 0.4) is 0 Å². The molecule has 4 nitrogen and oxygen atoms in total. The molecule has 0 aliphatic rings. The number of benzene rings is 2. The van der Waals surface area contributed by atoms with E-state index >= 15 is 0 Å². The molecule has 0 spiro atoms. The van der Waals surface area contributed by atoms with Gasteiger partial charge in [0.05, 0.1) is 18.2 Å². The van der Waals surface area contributed by atoms with Crippen LogP contribution in [0.1, 0.15) is 18.1 Å². The molecule has 1 amide bonds. The number of hydrogen-bond acceptors (Lipinski definition) is 3. The van der Waals surface area contributed by atoms with Gasteiger partial charge in [-0.15, -0.1) is 0 Å². The quantitative estimate of drug-likeness (QED) is 0.811. The second-order valence-corrected chi connectivity index (χ2v) is 5.02. The summed E-state index contributed by atoms with van der Waals surface area (Å²) in [5.74, 6) is -1.43. The minimum atomic E-state index is -2.73. The number of alkyl halides is 2. The highest BCUT2D eigenvalue weighted by molar-refractivity contribution is 5.92. The van der Waals surface area contributed by atoms with Crippen LogP contribution in [0.4, 0.5) is 18.9 Å². The fourth-order valence-corrected chi connectivity index (χ4v) is 2.04. The molecule has 24 heavy (non-hydrogen) atoms. The number of aliphatic hydroxyl groups is 1. The first-order valence-corrected chi connectivity index (χ1v) is 7.19. The molecule has 128 valence electrons. The summed E-state index contributed by atoms with van der Waals surface area (Å²) in [7, 11) is 0. The van der Waals surface area contributed by atoms with Crippen molar-refractivity contribution in [2.75, 3.05) is 11.9 Å². The Morgan fingerprint density at radius 2 is 1.88 bits per heavy atom. The van der Waals surface area contributed by atoms with Crippen molar-refractivity contribution in [1.82, 2.24) is 0 Å². The zero-order valence-corrected chi connectivity index (χ0v) is 12.6. The van der Waals surface area contributed by atoms with Gasteiger partial charge in [0.25, 0.3) is 6.43 Å². The standard InChI is InChI=1S/C17H16F3NO3/c18-12-6-7-13(15(8-12)24-10-16(19)20)21-17(23)9-14(22)11-4-2-1-3-5-11/h1-8,14,16,22H,9-10H2,(H,21,23). The lowest BCUT2D eigenvalue weighted by Crippen LogP contribution is -2.17. The number of rotatable bonds is 7. The van der Waals surface area contributed by atoms with Crippen LogP contribution < -0.4 is 10.1 Å². The monoisotopic (exact) mass is 339 g/mol. The van der Waals surface area contributed by atoms with Crippen LogP contribution in [0.5, 0.6) is 5.75 Å². The molecule has 2 aromatic rings. The molecule has 0 radical (unpaired) electrons. The van der Waals surface area contributed by atoms with Gasteiger partial charge in [-0.05, 0) is 17.7 Å². The predicted octanol–water partition coefficient (Wildman–Crippen LogP) is 3.53. The smallest absolute Gasteiger partial charge is 0.272 e. The van der Waals surface area contributed by atoms with Crippen molar-refractivity contribution in [3.8, 4) is 5.75 Å². The molecule has 0 aromatic heterocycles. The summed E-state index contributed by atoms with van der Waals surface area (Å²) in [4.78, 5) is 12.0. The molecular formula is C17H16F3NO3. The van der Waals surface area contributed by atoms with Crippen molar-refractivity contribution >= 4 is 11.6 Å². The summed E-state index contributed by atoms with van der Waals surface area (Å²) in [5, 5.41) is 12.4. The number of carbonyl (C=O) groups is 1. The second-order valence-electron chi connectivity index (χ2n) is 5.02. The van der Waals surface area contributed by atoms with Crippen molar-refractivity contribution < 1.29 is 27.8 Å². The van der Waals surface area contributed by atoms with Gasteiger partial charge in [-0.25, -0.2) is 13.2 Å². The van der Waals surface area contributed by atoms with Gasteiger partial charge in [-0.1, -0.05) is 30.3 Å². The van der Waals surface area contributed by atoms with Gasteiger partial charge < -0.3 is 15.2 Å². The van der Waals surface area contributed by atoms with E-state index in [9.17, 15) is 23.1 Å². The summed E-state index contributed by atoms with van der Waals surface area (Å²) < 4.78 is 42.5. The summed E-state index contributed by atoms with van der Waals surface area (Å²) in [6.07, 6.45) is -3.98. The SMILES string of the molecule is O=C(CC(O)c1ccccc1)Nc1ccc(F)cc1OCC(F)F. The van der Waals surface area contributed by atoms with Crippen molar-refractivity contribution in [2.45, 2.75) is 19.0 Å². The molecular weight excluding hydrogens is 323 g/mol. The van der Waals surface area contributed by atoms with Crippen molar-refractivity contribution in [3.63, 3.8) is 0 Å². The molecule has 0 aliphatic carbocycles. The van der Waals surface area contributed by atoms with Gasteiger partial charge in [0, 0.05) is 6.07 Å². The average Bonchev–Trinajstić information content (AvgIpc) is 2.55. The Hall–Kier alpha value is -2.54. The highest BCUT2D eigenvalue weighted by atomic mass is 19.3. The van der Waals surface area contributed by atoms with E-state index in [2.05, 4.69) is 5.32 Å². The molecule has 2 aromatic carbocycles. The number of anilines is 1. The van der Waals surface area contributed by atoms with Crippen LogP contribution in [0.15, 0.2) is 48.5 Å². The van der Waals surface area contributed by atoms with E-state index in [-0.39, 0.29) is 17.9 Å². The van der Waals surface area contributed by atoms with E-state index < -0.39 is 30.9 Å². The third kappa shape index (κ3) is 5.27. The fraction of sp³-hybridized carbons (Fsp3) is 0.235. The molecule has 1 unspecified atom stereocenters. The van der Waals surface area contributed by atoms with E-state index in [1.807, 2.05) is 0 Å². The molecule has 7 heteroatoms. The maximum atomic E-state index is 13.2. The lowest BCUT2D eigenvalue weighted by molar-refractivity contribution is -0.118. The first-order valence-electron chi connectivity index (χ1n) is 7.19. The van der Waals surface area contributed by atoms with Crippen molar-refractivity contribution in [3.05, 3.63) is 59.9 Å². The summed E-state index contributed by atoms with van der Waals surface area (Å²) in [6, 6.07) is 11.8. The second kappa shape index (κ2) is 8.35. The Kier molecular flexibility index (Phi) is 6.20. The predicted molar refractivity (Wildman–Crippen MR) is 82.5 cm³/mol. The van der Waals surface area contributed by atoms with Gasteiger partial charge in [0.1, 0.15) is 18.2 Å². The molecule has 0 aliphatic heterocycles. The molecule has 0 bridgehead atoms. The van der Waals surface area contributed by atoms with E-state index in [4.69, 9.17) is 4.74 Å². The molecule has 2 N–H and O–H groups in total. The zero-order valence-electron chi connectivity index (χ0n) is 12.6. The highest BCUT2D eigenvalue weighted by Crippen LogP contribution is 2.27. The summed E-state index contributed by atoms with van der Waals surface area (Å²) >= 11 is 0. The lowest BCUT2D eigenvalue weighted by Gasteiger charge is -2.14. The van der Waals surface area contributed by atoms with Crippen LogP contribution in [0.25, 0.3) is 0 Å². The van der Waals surface area contributed by atoms with Crippen LogP contribution >= 0.6 is 0 Å². The van der Waals surface area contributed by atoms with Gasteiger partial charge in [-0.3, -0.25) is 4.79 Å². The van der Waals surface area contributed by atoms with Crippen molar-refractivity contribution in [2.24, 2.45) is 0 Å². The lowest BCUT2D eigenvalue weighted by atomic mass is 10.1. The Morgan fingerprint density at radius 3 is 2.54 bits per heavy atom. The largest absolute Gasteiger partial charge is 0.485 e. The first kappa shape index (κ1) is 17.8.